The summed E-state index contributed by atoms with van der Waals surface area (Å²) < 4.78 is 11.6. The number of hydrogen-bond acceptors (Lipinski definition) is 11. The minimum absolute atomic E-state index is 0.0191. The Kier molecular flexibility index (Phi) is 31.8. The highest BCUT2D eigenvalue weighted by atomic mass is 16.6. The molecule has 19 nitrogen and oxygen atoms in total. The second-order valence-electron chi connectivity index (χ2n) is 30.8. The number of hydrogen-bond donors (Lipinski definition) is 0. The quantitative estimate of drug-likeness (QED) is 0.0339. The topological polar surface area (TPSA) is 198 Å². The lowest BCUT2D eigenvalue weighted by atomic mass is 10.0. The van der Waals surface area contributed by atoms with Crippen molar-refractivity contribution in [3.63, 3.8) is 0 Å². The molecule has 19 heteroatoms. The van der Waals surface area contributed by atoms with Crippen molar-refractivity contribution in [2.45, 2.75) is 182 Å². The van der Waals surface area contributed by atoms with Gasteiger partial charge in [-0.15, -0.1) is 0 Å². The van der Waals surface area contributed by atoms with E-state index in [-0.39, 0.29) is 65.0 Å². The average Bonchev–Trinajstić information content (AvgIpc) is 0.819. The summed E-state index contributed by atoms with van der Waals surface area (Å²) in [6.45, 7) is 23.7. The summed E-state index contributed by atoms with van der Waals surface area (Å²) >= 11 is 0. The summed E-state index contributed by atoms with van der Waals surface area (Å²) in [6, 6.07) is 70.4. The predicted molar refractivity (Wildman–Crippen MR) is 438 cm³/mol. The Labute approximate surface area is 663 Å². The van der Waals surface area contributed by atoms with Crippen molar-refractivity contribution in [1.82, 2.24) is 39.2 Å². The Bertz CT molecular complexity index is 4320. The van der Waals surface area contributed by atoms with E-state index in [9.17, 15) is 9.59 Å². The first-order chi connectivity index (χ1) is 53.4. The first-order valence-corrected chi connectivity index (χ1v) is 39.1. The summed E-state index contributed by atoms with van der Waals surface area (Å²) in [5, 5.41) is 0. The zero-order valence-corrected chi connectivity index (χ0v) is 67.8. The van der Waals surface area contributed by atoms with Crippen LogP contribution in [-0.4, -0.2) is 156 Å². The molecule has 0 fully saturated rings. The van der Waals surface area contributed by atoms with Crippen LogP contribution in [0.5, 0.6) is 0 Å². The number of esters is 1. The van der Waals surface area contributed by atoms with Crippen LogP contribution in [0.3, 0.4) is 0 Å². The van der Waals surface area contributed by atoms with Crippen LogP contribution < -0.4 is 0 Å². The fourth-order valence-corrected chi connectivity index (χ4v) is 14.1. The number of nitrogens with zero attached hydrogens (tertiary/aromatic N) is 8. The minimum atomic E-state index is -0.876. The molecule has 8 rings (SSSR count). The molecule has 0 bridgehead atoms. The Morgan fingerprint density at radius 2 is 0.402 bits per heavy atom. The standard InChI is InChI=1S/C93H114N8O11/c1-67(75-39-23-15-24-40-75)94(87(106)64-99(72(6)80-49-33-20-34-50-80)85(104)57-61-96(69(3)77-43-27-17-28-44-77)89(108)66-101(91(110)112-93(12,13)14)74(8)82-53-37-22-38-54-82)59-55-83(102)98(71(5)79-47-31-19-32-48-79)63-86(105)95(68(2)76-41-25-16-26-42-76)60-56-84(103)100(73(7)81-51-35-21-36-52-81)65-88(107)97(62-58-90(109)111-92(9,10)11)70(4)78-45-29-18-30-46-78/h15-54,67-74H,55-66H2,1-14H3/t67-,68-,69-,70-,71-,72-,73-,74-/m0/s1. The van der Waals surface area contributed by atoms with E-state index in [1.807, 2.05) is 298 Å². The molecule has 0 N–H and O–H groups in total. The van der Waals surface area contributed by atoms with Crippen molar-refractivity contribution in [2.24, 2.45) is 0 Å². The number of carbonyl (C=O) groups excluding carboxylic acids is 9. The van der Waals surface area contributed by atoms with E-state index in [2.05, 4.69) is 0 Å². The smallest absolute Gasteiger partial charge is 0.411 e. The minimum Gasteiger partial charge on any atom is -0.460 e. The van der Waals surface area contributed by atoms with Crippen molar-refractivity contribution < 1.29 is 52.6 Å². The Balaban J connectivity index is 1.09. The molecular weight excluding hydrogens is 1410 g/mol. The van der Waals surface area contributed by atoms with Gasteiger partial charge in [0, 0.05) is 45.4 Å². The summed E-state index contributed by atoms with van der Waals surface area (Å²) in [4.78, 5) is 148. The van der Waals surface area contributed by atoms with E-state index in [0.29, 0.717) is 0 Å². The van der Waals surface area contributed by atoms with Crippen LogP contribution in [0.15, 0.2) is 243 Å². The first-order valence-electron chi connectivity index (χ1n) is 39.1. The maximum atomic E-state index is 15.8. The molecule has 0 spiro atoms. The molecule has 0 aliphatic carbocycles. The summed E-state index contributed by atoms with van der Waals surface area (Å²) in [6.07, 6.45) is -1.45. The summed E-state index contributed by atoms with van der Waals surface area (Å²) in [5.74, 6) is -3.49. The van der Waals surface area contributed by atoms with Crippen molar-refractivity contribution in [1.29, 1.82) is 0 Å². The normalized spacial score (nSPS) is 13.6. The molecule has 0 heterocycles. The number of benzene rings is 8. The van der Waals surface area contributed by atoms with E-state index < -0.39 is 126 Å². The third kappa shape index (κ3) is 24.9. The molecule has 0 saturated heterocycles. The molecule has 0 aliphatic rings. The predicted octanol–water partition coefficient (Wildman–Crippen LogP) is 17.0. The number of rotatable bonds is 36. The highest BCUT2D eigenvalue weighted by Crippen LogP contribution is 2.33. The molecular formula is C93H114N8O11. The molecule has 8 atom stereocenters. The van der Waals surface area contributed by atoms with Gasteiger partial charge in [0.05, 0.1) is 54.8 Å². The summed E-state index contributed by atoms with van der Waals surface area (Å²) in [7, 11) is 0. The second-order valence-corrected chi connectivity index (χ2v) is 30.8. The lowest BCUT2D eigenvalue weighted by Gasteiger charge is -2.37. The Morgan fingerprint density at radius 1 is 0.232 bits per heavy atom. The lowest BCUT2D eigenvalue weighted by Crippen LogP contribution is -2.49. The fourth-order valence-electron chi connectivity index (χ4n) is 14.1. The third-order valence-corrected chi connectivity index (χ3v) is 20.8. The zero-order valence-electron chi connectivity index (χ0n) is 67.8. The van der Waals surface area contributed by atoms with Crippen molar-refractivity contribution in [3.8, 4) is 0 Å². The van der Waals surface area contributed by atoms with Gasteiger partial charge in [0.1, 0.15) is 37.4 Å². The van der Waals surface area contributed by atoms with E-state index in [4.69, 9.17) is 9.47 Å². The highest BCUT2D eigenvalue weighted by Gasteiger charge is 2.38. The molecule has 0 unspecified atom stereocenters. The second kappa shape index (κ2) is 41.2. The Morgan fingerprint density at radius 3 is 0.598 bits per heavy atom. The molecule has 8 aromatic carbocycles. The third-order valence-electron chi connectivity index (χ3n) is 20.8. The molecule has 0 aliphatic heterocycles. The fraction of sp³-hybridized carbons (Fsp3) is 0.387. The van der Waals surface area contributed by atoms with Crippen LogP contribution in [0, 0.1) is 0 Å². The van der Waals surface area contributed by atoms with E-state index in [1.165, 1.54) is 19.6 Å². The van der Waals surface area contributed by atoms with Gasteiger partial charge in [-0.25, -0.2) is 4.79 Å². The van der Waals surface area contributed by atoms with E-state index >= 15 is 33.6 Å². The van der Waals surface area contributed by atoms with Gasteiger partial charge >= 0.3 is 12.1 Å². The van der Waals surface area contributed by atoms with Crippen LogP contribution in [0.2, 0.25) is 0 Å². The molecule has 592 valence electrons. The zero-order chi connectivity index (χ0) is 81.2. The molecule has 8 amide bonds. The number of amides is 8. The van der Waals surface area contributed by atoms with Gasteiger partial charge in [0.25, 0.3) is 0 Å². The molecule has 0 aromatic heterocycles. The van der Waals surface area contributed by atoms with Crippen molar-refractivity contribution in [2.75, 3.05) is 52.4 Å². The van der Waals surface area contributed by atoms with Crippen LogP contribution in [-0.2, 0) is 47.8 Å². The number of ether oxygens (including phenoxy) is 2. The average molecular weight is 1520 g/mol. The van der Waals surface area contributed by atoms with Gasteiger partial charge in [-0.05, 0) is 141 Å². The summed E-state index contributed by atoms with van der Waals surface area (Å²) in [5.41, 5.74) is 4.62. The van der Waals surface area contributed by atoms with Crippen LogP contribution in [0.1, 0.15) is 215 Å². The van der Waals surface area contributed by atoms with E-state index in [0.717, 1.165) is 44.5 Å². The Hall–Kier alpha value is -11.2. The van der Waals surface area contributed by atoms with Crippen molar-refractivity contribution in [3.05, 3.63) is 287 Å². The maximum Gasteiger partial charge on any atom is 0.411 e. The van der Waals surface area contributed by atoms with Gasteiger partial charge in [0.2, 0.25) is 41.4 Å². The molecule has 0 radical (unpaired) electrons. The van der Waals surface area contributed by atoms with E-state index in [1.54, 1.807) is 61.1 Å². The molecule has 8 aromatic rings. The largest absolute Gasteiger partial charge is 0.460 e. The molecule has 0 saturated carbocycles. The van der Waals surface area contributed by atoms with Gasteiger partial charge in [0.15, 0.2) is 0 Å². The van der Waals surface area contributed by atoms with Crippen LogP contribution >= 0.6 is 0 Å². The van der Waals surface area contributed by atoms with Gasteiger partial charge in [-0.2, -0.15) is 0 Å². The van der Waals surface area contributed by atoms with Gasteiger partial charge < -0.3 is 43.8 Å². The monoisotopic (exact) mass is 1520 g/mol. The van der Waals surface area contributed by atoms with Crippen molar-refractivity contribution >= 4 is 53.4 Å². The maximum absolute atomic E-state index is 15.8. The highest BCUT2D eigenvalue weighted by molar-refractivity contribution is 5.90. The van der Waals surface area contributed by atoms with Gasteiger partial charge in [-0.1, -0.05) is 243 Å². The number of carbonyl (C=O) groups is 9. The SMILES string of the molecule is C[C@@H](c1ccccc1)N(CCC(=O)OC(C)(C)C)C(=O)CN(C(=O)CCN(C(=O)CN(C(=O)CCN(C(=O)CN(C(=O)CCN(C(=O)CN(C(=O)OC(C)(C)C)[C@@H](C)c1ccccc1)[C@@H](C)c1ccccc1)[C@@H](C)c1ccccc1)[C@@H](C)c1ccccc1)[C@@H](C)c1ccccc1)[C@@H](C)c1ccccc1)[C@@H](C)c1ccccc1. The van der Waals surface area contributed by atoms with Crippen LogP contribution in [0.4, 0.5) is 4.79 Å². The first kappa shape index (κ1) is 86.4. The lowest BCUT2D eigenvalue weighted by molar-refractivity contribution is -0.156. The molecule has 112 heavy (non-hydrogen) atoms. The van der Waals surface area contributed by atoms with Gasteiger partial charge in [-0.3, -0.25) is 43.3 Å². The van der Waals surface area contributed by atoms with Crippen LogP contribution in [0.25, 0.3) is 0 Å².